The Labute approximate surface area is 182 Å². The number of amides is 1. The molecule has 8 heteroatoms. The standard InChI is InChI=1S/C23H17ClFN3O3/c1-31-20-10-9-16(12-17(20)24)26-21(29)13-28-19-8-3-2-7-18(19)27-23(28)22(30)14-5-4-6-15(25)11-14/h2-12H,13H2,1H3,(H,26,29). The van der Waals surface area contributed by atoms with Crippen LogP contribution in [-0.2, 0) is 11.3 Å². The highest BCUT2D eigenvalue weighted by atomic mass is 35.5. The van der Waals surface area contributed by atoms with Crippen LogP contribution in [0.4, 0.5) is 10.1 Å². The Morgan fingerprint density at radius 2 is 1.90 bits per heavy atom. The Morgan fingerprint density at radius 1 is 1.10 bits per heavy atom. The SMILES string of the molecule is COc1ccc(NC(=O)Cn2c(C(=O)c3cccc(F)c3)nc3ccccc32)cc1Cl. The summed E-state index contributed by atoms with van der Waals surface area (Å²) in [5.41, 5.74) is 1.81. The van der Waals surface area contributed by atoms with Gasteiger partial charge in [-0.25, -0.2) is 9.37 Å². The predicted molar refractivity (Wildman–Crippen MR) is 116 cm³/mol. The fourth-order valence-electron chi connectivity index (χ4n) is 3.26. The molecular weight excluding hydrogens is 421 g/mol. The first-order chi connectivity index (χ1) is 15.0. The molecule has 0 spiro atoms. The van der Waals surface area contributed by atoms with E-state index >= 15 is 0 Å². The third kappa shape index (κ3) is 4.27. The molecule has 31 heavy (non-hydrogen) atoms. The van der Waals surface area contributed by atoms with Crippen LogP contribution in [0.2, 0.25) is 5.02 Å². The molecule has 1 heterocycles. The van der Waals surface area contributed by atoms with Gasteiger partial charge in [0.2, 0.25) is 11.7 Å². The normalized spacial score (nSPS) is 10.8. The lowest BCUT2D eigenvalue weighted by Crippen LogP contribution is -2.22. The van der Waals surface area contributed by atoms with Crippen molar-refractivity contribution < 1.29 is 18.7 Å². The molecule has 0 aliphatic carbocycles. The molecule has 0 bridgehead atoms. The minimum atomic E-state index is -0.525. The number of hydrogen-bond donors (Lipinski definition) is 1. The number of nitrogens with zero attached hydrogens (tertiary/aromatic N) is 2. The molecule has 1 amide bonds. The average molecular weight is 438 g/mol. The van der Waals surface area contributed by atoms with E-state index in [4.69, 9.17) is 16.3 Å². The van der Waals surface area contributed by atoms with Crippen LogP contribution < -0.4 is 10.1 Å². The number of methoxy groups -OCH3 is 1. The molecule has 0 saturated heterocycles. The van der Waals surface area contributed by atoms with Crippen LogP contribution in [0.3, 0.4) is 0 Å². The van der Waals surface area contributed by atoms with Crippen LogP contribution in [-0.4, -0.2) is 28.4 Å². The molecule has 0 atom stereocenters. The summed E-state index contributed by atoms with van der Waals surface area (Å²) in [6.45, 7) is -0.166. The summed E-state index contributed by atoms with van der Waals surface area (Å²) in [7, 11) is 1.50. The van der Waals surface area contributed by atoms with E-state index in [0.717, 1.165) is 6.07 Å². The third-order valence-electron chi connectivity index (χ3n) is 4.68. The highest BCUT2D eigenvalue weighted by Gasteiger charge is 2.21. The van der Waals surface area contributed by atoms with E-state index in [9.17, 15) is 14.0 Å². The molecule has 0 radical (unpaired) electrons. The van der Waals surface area contributed by atoms with Gasteiger partial charge in [-0.2, -0.15) is 0 Å². The monoisotopic (exact) mass is 437 g/mol. The topological polar surface area (TPSA) is 73.2 Å². The smallest absolute Gasteiger partial charge is 0.244 e. The number of anilines is 1. The summed E-state index contributed by atoms with van der Waals surface area (Å²) < 4.78 is 20.3. The first kappa shape index (κ1) is 20.6. The molecule has 0 aliphatic rings. The fraction of sp³-hybridized carbons (Fsp3) is 0.0870. The Morgan fingerprint density at radius 3 is 2.65 bits per heavy atom. The first-order valence-corrected chi connectivity index (χ1v) is 9.73. The Balaban J connectivity index is 1.66. The van der Waals surface area contributed by atoms with Gasteiger partial charge in [0.05, 0.1) is 23.2 Å². The van der Waals surface area contributed by atoms with Gasteiger partial charge in [-0.15, -0.1) is 0 Å². The van der Waals surface area contributed by atoms with Crippen molar-refractivity contribution in [3.05, 3.63) is 89.0 Å². The Kier molecular flexibility index (Phi) is 5.68. The first-order valence-electron chi connectivity index (χ1n) is 9.35. The number of halogens is 2. The maximum atomic E-state index is 13.6. The number of imidazole rings is 1. The highest BCUT2D eigenvalue weighted by molar-refractivity contribution is 6.32. The van der Waals surface area contributed by atoms with Crippen molar-refractivity contribution >= 4 is 40.0 Å². The van der Waals surface area contributed by atoms with Crippen LogP contribution >= 0.6 is 11.6 Å². The molecule has 1 N–H and O–H groups in total. The van der Waals surface area contributed by atoms with Crippen molar-refractivity contribution in [3.8, 4) is 5.75 Å². The zero-order chi connectivity index (χ0) is 22.0. The van der Waals surface area contributed by atoms with Crippen LogP contribution in [0.1, 0.15) is 16.2 Å². The van der Waals surface area contributed by atoms with Crippen LogP contribution in [0.15, 0.2) is 66.7 Å². The maximum absolute atomic E-state index is 13.6. The fourth-order valence-corrected chi connectivity index (χ4v) is 3.51. The van der Waals surface area contributed by atoms with Crippen molar-refractivity contribution in [2.24, 2.45) is 0 Å². The van der Waals surface area contributed by atoms with Crippen LogP contribution in [0.25, 0.3) is 11.0 Å². The Hall–Kier alpha value is -3.71. The van der Waals surface area contributed by atoms with Gasteiger partial charge in [0.25, 0.3) is 0 Å². The summed E-state index contributed by atoms with van der Waals surface area (Å²) in [4.78, 5) is 30.2. The molecule has 0 fully saturated rings. The van der Waals surface area contributed by atoms with E-state index in [1.54, 1.807) is 42.5 Å². The number of benzene rings is 3. The van der Waals surface area contributed by atoms with Crippen molar-refractivity contribution in [2.45, 2.75) is 6.54 Å². The van der Waals surface area contributed by atoms with E-state index in [1.807, 2.05) is 0 Å². The molecule has 0 saturated carbocycles. The minimum absolute atomic E-state index is 0.0507. The number of para-hydroxylation sites is 2. The highest BCUT2D eigenvalue weighted by Crippen LogP contribution is 2.27. The van der Waals surface area contributed by atoms with E-state index in [-0.39, 0.29) is 23.8 Å². The zero-order valence-corrected chi connectivity index (χ0v) is 17.2. The summed E-state index contributed by atoms with van der Waals surface area (Å²) in [6, 6.07) is 17.3. The van der Waals surface area contributed by atoms with Crippen molar-refractivity contribution in [1.29, 1.82) is 0 Å². The van der Waals surface area contributed by atoms with Gasteiger partial charge in [-0.1, -0.05) is 35.9 Å². The van der Waals surface area contributed by atoms with Crippen LogP contribution in [0.5, 0.6) is 5.75 Å². The number of rotatable bonds is 6. The summed E-state index contributed by atoms with van der Waals surface area (Å²) in [6.07, 6.45) is 0. The lowest BCUT2D eigenvalue weighted by atomic mass is 10.1. The molecular formula is C23H17ClFN3O3. The second kappa shape index (κ2) is 8.57. The summed E-state index contributed by atoms with van der Waals surface area (Å²) >= 11 is 6.11. The molecule has 0 unspecified atom stereocenters. The van der Waals surface area contributed by atoms with Gasteiger partial charge in [-0.3, -0.25) is 9.59 Å². The van der Waals surface area contributed by atoms with Gasteiger partial charge in [0, 0.05) is 11.3 Å². The average Bonchev–Trinajstić information content (AvgIpc) is 3.11. The molecule has 6 nitrogen and oxygen atoms in total. The lowest BCUT2D eigenvalue weighted by molar-refractivity contribution is -0.116. The molecule has 3 aromatic carbocycles. The second-order valence-corrected chi connectivity index (χ2v) is 7.15. The zero-order valence-electron chi connectivity index (χ0n) is 16.4. The number of hydrogen-bond acceptors (Lipinski definition) is 4. The summed E-state index contributed by atoms with van der Waals surface area (Å²) in [5, 5.41) is 3.11. The van der Waals surface area contributed by atoms with Gasteiger partial charge < -0.3 is 14.6 Å². The number of fused-ring (bicyclic) bond motifs is 1. The van der Waals surface area contributed by atoms with E-state index < -0.39 is 11.6 Å². The van der Waals surface area contributed by atoms with Crippen LogP contribution in [0, 0.1) is 5.82 Å². The van der Waals surface area contributed by atoms with Crippen molar-refractivity contribution in [1.82, 2.24) is 9.55 Å². The molecule has 0 aliphatic heterocycles. The maximum Gasteiger partial charge on any atom is 0.244 e. The Bertz CT molecular complexity index is 1300. The second-order valence-electron chi connectivity index (χ2n) is 6.75. The van der Waals surface area contributed by atoms with E-state index in [0.29, 0.717) is 27.5 Å². The van der Waals surface area contributed by atoms with E-state index in [1.165, 1.54) is 29.9 Å². The number of carbonyl (C=O) groups excluding carboxylic acids is 2. The molecule has 4 rings (SSSR count). The molecule has 1 aromatic heterocycles. The predicted octanol–water partition coefficient (Wildman–Crippen LogP) is 4.71. The molecule has 4 aromatic rings. The molecule has 156 valence electrons. The van der Waals surface area contributed by atoms with Gasteiger partial charge in [0.1, 0.15) is 18.1 Å². The number of ether oxygens (including phenoxy) is 1. The quantitative estimate of drug-likeness (QED) is 0.443. The van der Waals surface area contributed by atoms with E-state index in [2.05, 4.69) is 10.3 Å². The lowest BCUT2D eigenvalue weighted by Gasteiger charge is -2.11. The third-order valence-corrected chi connectivity index (χ3v) is 4.98. The number of carbonyl (C=O) groups is 2. The summed E-state index contributed by atoms with van der Waals surface area (Å²) in [5.74, 6) is -0.839. The van der Waals surface area contributed by atoms with Gasteiger partial charge in [-0.05, 0) is 42.5 Å². The minimum Gasteiger partial charge on any atom is -0.495 e. The number of nitrogens with one attached hydrogen (secondary N) is 1. The number of aromatic nitrogens is 2. The largest absolute Gasteiger partial charge is 0.495 e. The van der Waals surface area contributed by atoms with Crippen molar-refractivity contribution in [2.75, 3.05) is 12.4 Å². The number of ketones is 1. The van der Waals surface area contributed by atoms with Crippen molar-refractivity contribution in [3.63, 3.8) is 0 Å². The van der Waals surface area contributed by atoms with Gasteiger partial charge >= 0.3 is 0 Å². The van der Waals surface area contributed by atoms with Gasteiger partial charge in [0.15, 0.2) is 5.82 Å².